The predicted molar refractivity (Wildman–Crippen MR) is 33.2 cm³/mol. The van der Waals surface area contributed by atoms with Gasteiger partial charge in [-0.25, -0.2) is 0 Å². The SMILES string of the molecule is CC(C)/C(C=O)=C\N. The predicted octanol–water partition coefficient (Wildman–Crippen LogP) is 0.684. The van der Waals surface area contributed by atoms with Gasteiger partial charge in [0.05, 0.1) is 0 Å². The molecule has 0 bridgehead atoms. The van der Waals surface area contributed by atoms with E-state index in [2.05, 4.69) is 0 Å². The van der Waals surface area contributed by atoms with E-state index in [9.17, 15) is 4.79 Å². The van der Waals surface area contributed by atoms with E-state index in [1.807, 2.05) is 13.8 Å². The number of hydrogen-bond donors (Lipinski definition) is 1. The van der Waals surface area contributed by atoms with Gasteiger partial charge in [-0.2, -0.15) is 0 Å². The molecule has 0 saturated carbocycles. The second-order valence-corrected chi connectivity index (χ2v) is 1.94. The molecule has 2 N–H and O–H groups in total. The van der Waals surface area contributed by atoms with E-state index < -0.39 is 0 Å². The summed E-state index contributed by atoms with van der Waals surface area (Å²) in [6.07, 6.45) is 2.13. The van der Waals surface area contributed by atoms with Gasteiger partial charge < -0.3 is 5.73 Å². The zero-order valence-corrected chi connectivity index (χ0v) is 5.22. The number of nitrogens with two attached hydrogens (primary N) is 1. The fourth-order valence-electron chi connectivity index (χ4n) is 0.368. The molecule has 2 heteroatoms. The van der Waals surface area contributed by atoms with Crippen molar-refractivity contribution in [3.8, 4) is 0 Å². The zero-order chi connectivity index (χ0) is 6.57. The van der Waals surface area contributed by atoms with Crippen molar-refractivity contribution in [2.75, 3.05) is 0 Å². The molecule has 0 aliphatic heterocycles. The van der Waals surface area contributed by atoms with Crippen LogP contribution < -0.4 is 5.73 Å². The maximum absolute atomic E-state index is 10.0. The smallest absolute Gasteiger partial charge is 0.147 e. The summed E-state index contributed by atoms with van der Waals surface area (Å²) >= 11 is 0. The Bertz CT molecular complexity index is 105. The highest BCUT2D eigenvalue weighted by Crippen LogP contribution is 2.02. The molecule has 0 rings (SSSR count). The monoisotopic (exact) mass is 113 g/mol. The lowest BCUT2D eigenvalue weighted by Crippen LogP contribution is -1.97. The largest absolute Gasteiger partial charge is 0.404 e. The quantitative estimate of drug-likeness (QED) is 0.423. The Morgan fingerprint density at radius 2 is 2.12 bits per heavy atom. The molecule has 8 heavy (non-hydrogen) atoms. The minimum Gasteiger partial charge on any atom is -0.404 e. The Morgan fingerprint density at radius 3 is 2.12 bits per heavy atom. The third kappa shape index (κ3) is 1.78. The molecule has 0 aliphatic carbocycles. The Labute approximate surface area is 49.4 Å². The molecule has 0 spiro atoms. The molecule has 0 atom stereocenters. The molecule has 0 aliphatic rings. The summed E-state index contributed by atoms with van der Waals surface area (Å²) in [7, 11) is 0. The number of carbonyl (C=O) groups is 1. The molecule has 0 heterocycles. The molecular weight excluding hydrogens is 102 g/mol. The van der Waals surface area contributed by atoms with Crippen LogP contribution in [0.5, 0.6) is 0 Å². The Hall–Kier alpha value is -0.790. The third-order valence-corrected chi connectivity index (χ3v) is 0.995. The maximum Gasteiger partial charge on any atom is 0.147 e. The van der Waals surface area contributed by atoms with Crippen LogP contribution in [0.4, 0.5) is 0 Å². The van der Waals surface area contributed by atoms with Crippen LogP contribution in [0.1, 0.15) is 13.8 Å². The summed E-state index contributed by atoms with van der Waals surface area (Å²) in [5, 5.41) is 0. The van der Waals surface area contributed by atoms with Crippen LogP contribution in [0.15, 0.2) is 11.8 Å². The Kier molecular flexibility index (Phi) is 2.92. The van der Waals surface area contributed by atoms with Gasteiger partial charge in [0.1, 0.15) is 6.29 Å². The molecule has 0 aromatic heterocycles. The van der Waals surface area contributed by atoms with Gasteiger partial charge in [-0.15, -0.1) is 0 Å². The normalized spacial score (nSPS) is 12.1. The minimum absolute atomic E-state index is 0.248. The molecule has 0 saturated heterocycles. The van der Waals surface area contributed by atoms with Crippen LogP contribution in [-0.4, -0.2) is 6.29 Å². The number of rotatable bonds is 2. The van der Waals surface area contributed by atoms with Crippen LogP contribution in [0.25, 0.3) is 0 Å². The first-order valence-corrected chi connectivity index (χ1v) is 2.59. The third-order valence-electron chi connectivity index (χ3n) is 0.995. The summed E-state index contributed by atoms with van der Waals surface area (Å²) < 4.78 is 0. The summed E-state index contributed by atoms with van der Waals surface area (Å²) in [6.45, 7) is 3.85. The lowest BCUT2D eigenvalue weighted by Gasteiger charge is -1.98. The van der Waals surface area contributed by atoms with Crippen molar-refractivity contribution >= 4 is 6.29 Å². The minimum atomic E-state index is 0.248. The van der Waals surface area contributed by atoms with Gasteiger partial charge in [-0.1, -0.05) is 13.8 Å². The molecule has 0 radical (unpaired) electrons. The summed E-state index contributed by atoms with van der Waals surface area (Å²) in [5.74, 6) is 0.248. The van der Waals surface area contributed by atoms with E-state index in [1.165, 1.54) is 6.20 Å². The van der Waals surface area contributed by atoms with Crippen molar-refractivity contribution in [3.05, 3.63) is 11.8 Å². The van der Waals surface area contributed by atoms with Gasteiger partial charge in [0.15, 0.2) is 0 Å². The van der Waals surface area contributed by atoms with Crippen molar-refractivity contribution in [2.45, 2.75) is 13.8 Å². The summed E-state index contributed by atoms with van der Waals surface area (Å²) in [6, 6.07) is 0. The molecule has 0 aromatic rings. The van der Waals surface area contributed by atoms with E-state index in [0.717, 1.165) is 6.29 Å². The van der Waals surface area contributed by atoms with E-state index in [4.69, 9.17) is 5.73 Å². The van der Waals surface area contributed by atoms with Crippen molar-refractivity contribution in [2.24, 2.45) is 11.7 Å². The number of hydrogen-bond acceptors (Lipinski definition) is 2. The molecule has 0 unspecified atom stereocenters. The average molecular weight is 113 g/mol. The highest BCUT2D eigenvalue weighted by Gasteiger charge is 1.97. The van der Waals surface area contributed by atoms with Crippen molar-refractivity contribution in [3.63, 3.8) is 0 Å². The number of aldehydes is 1. The maximum atomic E-state index is 10.0. The van der Waals surface area contributed by atoms with Crippen molar-refractivity contribution < 1.29 is 4.79 Å². The molecule has 0 aromatic carbocycles. The van der Waals surface area contributed by atoms with Crippen LogP contribution in [0, 0.1) is 5.92 Å². The van der Waals surface area contributed by atoms with Gasteiger partial charge in [0.2, 0.25) is 0 Å². The first kappa shape index (κ1) is 7.21. The molecule has 0 amide bonds. The number of carbonyl (C=O) groups excluding carboxylic acids is 1. The van der Waals surface area contributed by atoms with E-state index in [1.54, 1.807) is 0 Å². The number of allylic oxidation sites excluding steroid dienone is 1. The summed E-state index contributed by atoms with van der Waals surface area (Å²) in [4.78, 5) is 10.0. The van der Waals surface area contributed by atoms with E-state index in [0.29, 0.717) is 5.57 Å². The van der Waals surface area contributed by atoms with Crippen molar-refractivity contribution in [1.82, 2.24) is 0 Å². The first-order valence-electron chi connectivity index (χ1n) is 2.59. The fourth-order valence-corrected chi connectivity index (χ4v) is 0.368. The Balaban J connectivity index is 3.91. The van der Waals surface area contributed by atoms with Crippen LogP contribution in [0.2, 0.25) is 0 Å². The fraction of sp³-hybridized carbons (Fsp3) is 0.500. The lowest BCUT2D eigenvalue weighted by molar-refractivity contribution is -0.105. The molecular formula is C6H11NO. The zero-order valence-electron chi connectivity index (χ0n) is 5.22. The average Bonchev–Trinajstić information content (AvgIpc) is 1.69. The van der Waals surface area contributed by atoms with Crippen molar-refractivity contribution in [1.29, 1.82) is 0 Å². The molecule has 46 valence electrons. The van der Waals surface area contributed by atoms with E-state index >= 15 is 0 Å². The summed E-state index contributed by atoms with van der Waals surface area (Å²) in [5.41, 5.74) is 5.75. The highest BCUT2D eigenvalue weighted by molar-refractivity contribution is 5.73. The highest BCUT2D eigenvalue weighted by atomic mass is 16.1. The van der Waals surface area contributed by atoms with Crippen LogP contribution >= 0.6 is 0 Å². The van der Waals surface area contributed by atoms with Crippen LogP contribution in [0.3, 0.4) is 0 Å². The Morgan fingerprint density at radius 1 is 1.62 bits per heavy atom. The van der Waals surface area contributed by atoms with E-state index in [-0.39, 0.29) is 5.92 Å². The van der Waals surface area contributed by atoms with Gasteiger partial charge >= 0.3 is 0 Å². The standard InChI is InChI=1S/C6H11NO/c1-5(2)6(3-7)4-8/h3-5H,7H2,1-2H3/b6-3-. The van der Waals surface area contributed by atoms with Gasteiger partial charge in [-0.05, 0) is 5.92 Å². The van der Waals surface area contributed by atoms with Gasteiger partial charge in [0, 0.05) is 11.8 Å². The van der Waals surface area contributed by atoms with Gasteiger partial charge in [-0.3, -0.25) is 4.79 Å². The first-order chi connectivity index (χ1) is 3.72. The van der Waals surface area contributed by atoms with Gasteiger partial charge in [0.25, 0.3) is 0 Å². The molecule has 0 fully saturated rings. The second kappa shape index (κ2) is 3.24. The topological polar surface area (TPSA) is 43.1 Å². The lowest BCUT2D eigenvalue weighted by atomic mass is 10.1. The van der Waals surface area contributed by atoms with Crippen LogP contribution in [-0.2, 0) is 4.79 Å². The molecule has 2 nitrogen and oxygen atoms in total. The second-order valence-electron chi connectivity index (χ2n) is 1.94.